The Hall–Kier alpha value is -0.220. The number of aliphatic carboxylic acids is 1. The number of fused-ring (bicyclic) bond motifs is 2. The summed E-state index contributed by atoms with van der Waals surface area (Å²) in [5.41, 5.74) is 0. The van der Waals surface area contributed by atoms with Crippen LogP contribution in [0.5, 0.6) is 0 Å². The summed E-state index contributed by atoms with van der Waals surface area (Å²) in [6.45, 7) is 0.267. The van der Waals surface area contributed by atoms with Crippen LogP contribution < -0.4 is 34.7 Å². The van der Waals surface area contributed by atoms with Crippen molar-refractivity contribution in [3.8, 4) is 0 Å². The van der Waals surface area contributed by atoms with Crippen molar-refractivity contribution in [3.05, 3.63) is 0 Å². The summed E-state index contributed by atoms with van der Waals surface area (Å²) in [7, 11) is -1.21. The van der Waals surface area contributed by atoms with Crippen molar-refractivity contribution < 1.29 is 57.7 Å². The maximum atomic E-state index is 12.9. The second kappa shape index (κ2) is 6.49. The van der Waals surface area contributed by atoms with Gasteiger partial charge in [-0.1, -0.05) is 0 Å². The van der Waals surface area contributed by atoms with Gasteiger partial charge < -0.3 is 14.8 Å². The summed E-state index contributed by atoms with van der Waals surface area (Å²) >= 11 is 0. The third kappa shape index (κ3) is 3.27. The molecule has 0 aliphatic carbocycles. The average Bonchev–Trinajstić information content (AvgIpc) is 2.54. The van der Waals surface area contributed by atoms with Gasteiger partial charge in [0.15, 0.2) is 0 Å². The zero-order valence-corrected chi connectivity index (χ0v) is 13.4. The molecule has 0 radical (unpaired) electrons. The number of carboxylic acids is 1. The van der Waals surface area contributed by atoms with Gasteiger partial charge in [-0.3, -0.25) is 4.21 Å². The fraction of sp³-hybridized carbons (Fsp3) is 0.778. The molecule has 0 aromatic rings. The van der Waals surface area contributed by atoms with Crippen LogP contribution in [-0.2, 0) is 20.4 Å². The predicted octanol–water partition coefficient (Wildman–Crippen LogP) is -4.43. The molecule has 2 fully saturated rings. The minimum Gasteiger partial charge on any atom is -0.544 e. The van der Waals surface area contributed by atoms with E-state index in [2.05, 4.69) is 4.84 Å². The van der Waals surface area contributed by atoms with E-state index in [-0.39, 0.29) is 36.1 Å². The van der Waals surface area contributed by atoms with Gasteiger partial charge in [-0.05, 0) is 12.8 Å². The molecule has 2 heterocycles. The van der Waals surface area contributed by atoms with Gasteiger partial charge in [0.05, 0.1) is 6.04 Å². The number of piperidine rings is 1. The normalized spacial score (nSPS) is 28.8. The molecule has 2 amide bonds. The summed E-state index contributed by atoms with van der Waals surface area (Å²) in [5, 5.41) is 10.5. The molecule has 2 saturated heterocycles. The number of carbonyl (C=O) groups excluding carboxylic acids is 2. The van der Waals surface area contributed by atoms with E-state index in [1.54, 1.807) is 0 Å². The molecule has 0 aromatic carbocycles. The molecule has 102 valence electrons. The van der Waals surface area contributed by atoms with Crippen molar-refractivity contribution in [2.45, 2.75) is 30.6 Å². The Morgan fingerprint density at radius 1 is 1.58 bits per heavy atom. The van der Waals surface area contributed by atoms with Gasteiger partial charge in [0.25, 0.3) is 6.36 Å². The van der Waals surface area contributed by atoms with Crippen LogP contribution >= 0.6 is 0 Å². The van der Waals surface area contributed by atoms with E-state index in [1.807, 2.05) is 0 Å². The Balaban J connectivity index is 0.00000180. The number of hydrogen-bond acceptors (Lipinski definition) is 5. The molecule has 0 spiro atoms. The topological polar surface area (TPSA) is 90.0 Å². The van der Waals surface area contributed by atoms with E-state index < -0.39 is 40.6 Å². The zero-order chi connectivity index (χ0) is 13.4. The molecule has 0 aromatic heterocycles. The summed E-state index contributed by atoms with van der Waals surface area (Å²) in [6.07, 6.45) is -0.186. The zero-order valence-electron chi connectivity index (χ0n) is 10.6. The minimum atomic E-state index is -2.68. The Bertz CT molecular complexity index is 412. The minimum absolute atomic E-state index is 0. The van der Waals surface area contributed by atoms with Crippen molar-refractivity contribution in [2.24, 2.45) is 0 Å². The molecular formula is C9H12FN2NaO5S. The van der Waals surface area contributed by atoms with Crippen molar-refractivity contribution in [2.75, 3.05) is 12.8 Å². The number of halogens is 1. The monoisotopic (exact) mass is 302 g/mol. The van der Waals surface area contributed by atoms with Crippen LogP contribution in [0.3, 0.4) is 0 Å². The van der Waals surface area contributed by atoms with Crippen LogP contribution in [-0.4, -0.2) is 56.7 Å². The Morgan fingerprint density at radius 2 is 2.21 bits per heavy atom. The average molecular weight is 302 g/mol. The van der Waals surface area contributed by atoms with Gasteiger partial charge in [0, 0.05) is 23.6 Å². The van der Waals surface area contributed by atoms with Crippen molar-refractivity contribution in [1.29, 1.82) is 0 Å². The van der Waals surface area contributed by atoms with Crippen LogP contribution in [0.2, 0.25) is 0 Å². The molecule has 4 atom stereocenters. The summed E-state index contributed by atoms with van der Waals surface area (Å²) in [6, 6.07) is -1.06. The number of alkyl halides is 1. The summed E-state index contributed by atoms with van der Waals surface area (Å²) in [5.74, 6) is -2.03. The van der Waals surface area contributed by atoms with Crippen molar-refractivity contribution in [1.82, 2.24) is 9.96 Å². The van der Waals surface area contributed by atoms with Gasteiger partial charge in [0.1, 0.15) is 11.3 Å². The van der Waals surface area contributed by atoms with Gasteiger partial charge in [-0.25, -0.2) is 14.0 Å². The van der Waals surface area contributed by atoms with Crippen LogP contribution in [0.1, 0.15) is 12.8 Å². The van der Waals surface area contributed by atoms with Gasteiger partial charge in [0.2, 0.25) is 0 Å². The second-order valence-corrected chi connectivity index (χ2v) is 5.73. The Morgan fingerprint density at radius 3 is 2.74 bits per heavy atom. The molecule has 0 N–H and O–H groups in total. The van der Waals surface area contributed by atoms with Gasteiger partial charge in [-0.15, -0.1) is 0 Å². The van der Waals surface area contributed by atoms with E-state index in [0.29, 0.717) is 17.9 Å². The van der Waals surface area contributed by atoms with E-state index in [0.717, 1.165) is 0 Å². The third-order valence-corrected chi connectivity index (χ3v) is 4.30. The first-order valence-corrected chi connectivity index (χ1v) is 6.97. The maximum Gasteiger partial charge on any atom is 1.00 e. The molecule has 2 rings (SSSR count). The Labute approximate surface area is 133 Å². The molecule has 2 aliphatic heterocycles. The molecule has 0 unspecified atom stereocenters. The number of hydrogen-bond donors (Lipinski definition) is 0. The van der Waals surface area contributed by atoms with Crippen LogP contribution in [0, 0.1) is 0 Å². The molecule has 10 heteroatoms. The number of urea groups is 1. The van der Waals surface area contributed by atoms with E-state index >= 15 is 0 Å². The fourth-order valence-corrected chi connectivity index (χ4v) is 3.22. The fourth-order valence-electron chi connectivity index (χ4n) is 2.22. The molecule has 0 saturated carbocycles. The molecule has 7 nitrogen and oxygen atoms in total. The molecule has 2 aliphatic rings. The number of carbonyl (C=O) groups is 2. The van der Waals surface area contributed by atoms with Gasteiger partial charge >= 0.3 is 35.6 Å². The first-order valence-electron chi connectivity index (χ1n) is 5.35. The molecular weight excluding hydrogens is 290 g/mol. The number of nitrogens with zero attached hydrogens (tertiary/aromatic N) is 2. The smallest absolute Gasteiger partial charge is 0.544 e. The number of hydroxylamine groups is 2. The SMILES string of the molecule is C[S@](=O)[C@@H]1CC[C@@H]2CN1C(=O)N2O[C@H](F)C(=O)[O-].[Na+]. The first kappa shape index (κ1) is 16.8. The summed E-state index contributed by atoms with van der Waals surface area (Å²) < 4.78 is 24.4. The Kier molecular flexibility index (Phi) is 5.75. The number of carboxylic acid groups (broad SMARTS) is 1. The van der Waals surface area contributed by atoms with Crippen LogP contribution in [0.25, 0.3) is 0 Å². The molecule has 19 heavy (non-hydrogen) atoms. The van der Waals surface area contributed by atoms with Crippen LogP contribution in [0.4, 0.5) is 9.18 Å². The van der Waals surface area contributed by atoms with E-state index in [1.165, 1.54) is 11.2 Å². The standard InChI is InChI=1S/C9H13FN2O5S.Na/c1-18(16)6-3-2-5-4-11(6)9(15)12(5)17-7(10)8(13)14;/h5-7H,2-4H2,1H3,(H,13,14);/q;+1/p-1/t5-,6-,7+,18+;/m1./s1. The van der Waals surface area contributed by atoms with Gasteiger partial charge in [-0.2, -0.15) is 5.06 Å². The third-order valence-electron chi connectivity index (χ3n) is 3.04. The molecule has 2 bridgehead atoms. The number of rotatable bonds is 4. The quantitative estimate of drug-likeness (QED) is 0.489. The largest absolute Gasteiger partial charge is 1.00 e. The van der Waals surface area contributed by atoms with E-state index in [4.69, 9.17) is 0 Å². The van der Waals surface area contributed by atoms with E-state index in [9.17, 15) is 23.3 Å². The summed E-state index contributed by atoms with van der Waals surface area (Å²) in [4.78, 5) is 27.9. The van der Waals surface area contributed by atoms with Crippen LogP contribution in [0.15, 0.2) is 0 Å². The first-order chi connectivity index (χ1) is 8.41. The maximum absolute atomic E-state index is 12.9. The van der Waals surface area contributed by atoms with Crippen molar-refractivity contribution >= 4 is 22.8 Å². The predicted molar refractivity (Wildman–Crippen MR) is 55.8 cm³/mol. The van der Waals surface area contributed by atoms with Crippen molar-refractivity contribution in [3.63, 3.8) is 0 Å². The second-order valence-electron chi connectivity index (χ2n) is 4.19. The number of amides is 2.